The first-order valence-electron chi connectivity index (χ1n) is 6.30. The second-order valence-corrected chi connectivity index (χ2v) is 6.14. The largest absolute Gasteiger partial charge is 0.366 e. The van der Waals surface area contributed by atoms with Gasteiger partial charge in [-0.2, -0.15) is 0 Å². The van der Waals surface area contributed by atoms with E-state index in [-0.39, 0.29) is 10.9 Å². The van der Waals surface area contributed by atoms with Crippen LogP contribution in [-0.2, 0) is 5.72 Å². The average Bonchev–Trinajstić information content (AvgIpc) is 2.63. The number of halogens is 1. The highest BCUT2D eigenvalue weighted by Gasteiger charge is 2.56. The minimum atomic E-state index is -1.11. The number of hydrogen-bond acceptors (Lipinski definition) is 3. The quantitative estimate of drug-likeness (QED) is 0.759. The maximum atomic E-state index is 11.3. The number of aliphatic hydroxyl groups is 1. The minimum Gasteiger partial charge on any atom is -0.366 e. The Hall–Kier alpha value is -1.23. The van der Waals surface area contributed by atoms with Crippen molar-refractivity contribution in [2.75, 3.05) is 7.05 Å². The molecule has 96 valence electrons. The van der Waals surface area contributed by atoms with Crippen molar-refractivity contribution in [2.45, 2.75) is 16.6 Å². The molecule has 0 saturated heterocycles. The summed E-state index contributed by atoms with van der Waals surface area (Å²) in [4.78, 5) is 6.62. The fraction of sp³-hybridized carbons (Fsp3) is 0.267. The molecular formula is C15H13BrN2O. The van der Waals surface area contributed by atoms with E-state index in [1.54, 1.807) is 6.20 Å². The summed E-state index contributed by atoms with van der Waals surface area (Å²) >= 11 is 3.79. The normalized spacial score (nSPS) is 31.9. The van der Waals surface area contributed by atoms with Crippen molar-refractivity contribution in [3.63, 3.8) is 0 Å². The smallest absolute Gasteiger partial charge is 0.189 e. The SMILES string of the molecule is CN1C2c3cccnc3C1(O)c1ccccc1[C@@H]2Br. The summed E-state index contributed by atoms with van der Waals surface area (Å²) in [5, 5.41) is 11.3. The number of alkyl halides is 1. The van der Waals surface area contributed by atoms with Gasteiger partial charge in [-0.25, -0.2) is 0 Å². The average molecular weight is 317 g/mol. The lowest BCUT2D eigenvalue weighted by Crippen LogP contribution is -2.46. The summed E-state index contributed by atoms with van der Waals surface area (Å²) in [6.45, 7) is 0. The van der Waals surface area contributed by atoms with Crippen molar-refractivity contribution >= 4 is 15.9 Å². The molecule has 0 radical (unpaired) electrons. The van der Waals surface area contributed by atoms with Crippen LogP contribution < -0.4 is 0 Å². The van der Waals surface area contributed by atoms with Crippen LogP contribution >= 0.6 is 15.9 Å². The predicted octanol–water partition coefficient (Wildman–Crippen LogP) is 2.71. The highest BCUT2D eigenvalue weighted by molar-refractivity contribution is 9.09. The van der Waals surface area contributed by atoms with E-state index in [2.05, 4.69) is 33.0 Å². The molecule has 0 amide bonds. The molecule has 2 aliphatic heterocycles. The van der Waals surface area contributed by atoms with E-state index in [4.69, 9.17) is 0 Å². The molecule has 0 saturated carbocycles. The zero-order valence-electron chi connectivity index (χ0n) is 10.4. The maximum absolute atomic E-state index is 11.3. The van der Waals surface area contributed by atoms with E-state index in [0.717, 1.165) is 22.4 Å². The Labute approximate surface area is 120 Å². The topological polar surface area (TPSA) is 36.4 Å². The summed E-state index contributed by atoms with van der Waals surface area (Å²) < 4.78 is 0. The monoisotopic (exact) mass is 316 g/mol. The van der Waals surface area contributed by atoms with Crippen LogP contribution in [0.1, 0.15) is 33.3 Å². The first-order chi connectivity index (χ1) is 9.15. The summed E-state index contributed by atoms with van der Waals surface area (Å²) in [5.74, 6) is 0. The first kappa shape index (κ1) is 11.6. The third-order valence-corrected chi connectivity index (χ3v) is 5.32. The number of nitrogens with zero attached hydrogens (tertiary/aromatic N) is 2. The molecule has 3 heterocycles. The molecule has 4 heteroatoms. The highest BCUT2D eigenvalue weighted by Crippen LogP contribution is 2.58. The van der Waals surface area contributed by atoms with Gasteiger partial charge in [0.15, 0.2) is 5.72 Å². The first-order valence-corrected chi connectivity index (χ1v) is 7.21. The second-order valence-electron chi connectivity index (χ2n) is 5.16. The van der Waals surface area contributed by atoms with Crippen molar-refractivity contribution in [1.29, 1.82) is 0 Å². The summed E-state index contributed by atoms with van der Waals surface area (Å²) in [7, 11) is 1.95. The molecule has 2 bridgehead atoms. The Balaban J connectivity index is 2.11. The van der Waals surface area contributed by atoms with Crippen LogP contribution in [0.4, 0.5) is 0 Å². The van der Waals surface area contributed by atoms with Crippen LogP contribution in [-0.4, -0.2) is 22.0 Å². The fourth-order valence-electron chi connectivity index (χ4n) is 3.42. The molecule has 2 aromatic rings. The van der Waals surface area contributed by atoms with Gasteiger partial charge in [0, 0.05) is 11.8 Å². The lowest BCUT2D eigenvalue weighted by molar-refractivity contribution is -0.0817. The molecule has 0 aliphatic carbocycles. The van der Waals surface area contributed by atoms with Crippen LogP contribution in [0, 0.1) is 0 Å². The van der Waals surface area contributed by atoms with Gasteiger partial charge in [0.2, 0.25) is 0 Å². The maximum Gasteiger partial charge on any atom is 0.189 e. The summed E-state index contributed by atoms with van der Waals surface area (Å²) in [6, 6.07) is 12.1. The van der Waals surface area contributed by atoms with E-state index in [0.29, 0.717) is 0 Å². The van der Waals surface area contributed by atoms with Crippen LogP contribution in [0.3, 0.4) is 0 Å². The molecule has 3 nitrogen and oxygen atoms in total. The van der Waals surface area contributed by atoms with Crippen LogP contribution in [0.2, 0.25) is 0 Å². The molecule has 4 rings (SSSR count). The molecule has 19 heavy (non-hydrogen) atoms. The van der Waals surface area contributed by atoms with Crippen molar-refractivity contribution in [3.8, 4) is 0 Å². The third-order valence-electron chi connectivity index (χ3n) is 4.33. The number of likely N-dealkylation sites (N-methyl/N-ethyl adjacent to an activating group) is 1. The summed E-state index contributed by atoms with van der Waals surface area (Å²) in [5.41, 5.74) is 2.82. The molecule has 1 aromatic heterocycles. The van der Waals surface area contributed by atoms with Gasteiger partial charge >= 0.3 is 0 Å². The summed E-state index contributed by atoms with van der Waals surface area (Å²) in [6.07, 6.45) is 1.75. The Morgan fingerprint density at radius 1 is 1.21 bits per heavy atom. The predicted molar refractivity (Wildman–Crippen MR) is 75.8 cm³/mol. The van der Waals surface area contributed by atoms with E-state index in [1.807, 2.05) is 36.2 Å². The number of aromatic nitrogens is 1. The molecule has 2 unspecified atom stereocenters. The van der Waals surface area contributed by atoms with E-state index >= 15 is 0 Å². The van der Waals surface area contributed by atoms with Gasteiger partial charge in [-0.15, -0.1) is 0 Å². The zero-order valence-corrected chi connectivity index (χ0v) is 12.0. The zero-order chi connectivity index (χ0) is 13.2. The number of hydrogen-bond donors (Lipinski definition) is 1. The van der Waals surface area contributed by atoms with E-state index in [9.17, 15) is 5.11 Å². The molecular weight excluding hydrogens is 304 g/mol. The van der Waals surface area contributed by atoms with Crippen molar-refractivity contribution < 1.29 is 5.11 Å². The van der Waals surface area contributed by atoms with Gasteiger partial charge in [-0.3, -0.25) is 9.88 Å². The van der Waals surface area contributed by atoms with Crippen molar-refractivity contribution in [1.82, 2.24) is 9.88 Å². The van der Waals surface area contributed by atoms with Gasteiger partial charge < -0.3 is 5.11 Å². The van der Waals surface area contributed by atoms with Crippen LogP contribution in [0.25, 0.3) is 0 Å². The lowest BCUT2D eigenvalue weighted by atomic mass is 9.90. The van der Waals surface area contributed by atoms with Gasteiger partial charge in [-0.05, 0) is 24.2 Å². The Morgan fingerprint density at radius 3 is 2.79 bits per heavy atom. The third kappa shape index (κ3) is 1.22. The van der Waals surface area contributed by atoms with Gasteiger partial charge in [0.25, 0.3) is 0 Å². The fourth-order valence-corrected chi connectivity index (χ4v) is 4.46. The molecule has 1 aromatic carbocycles. The van der Waals surface area contributed by atoms with Crippen molar-refractivity contribution in [2.24, 2.45) is 0 Å². The molecule has 1 N–H and O–H groups in total. The standard InChI is InChI=1S/C15H13BrN2O/c1-18-13-10-6-4-8-17-14(10)15(18,19)11-7-3-2-5-9(11)12(13)16/h2-8,12-13,19H,1H3/t12-,13?,15?/m0/s1. The second kappa shape index (κ2) is 3.66. The van der Waals surface area contributed by atoms with Crippen molar-refractivity contribution in [3.05, 3.63) is 65.0 Å². The molecule has 0 fully saturated rings. The Kier molecular flexibility index (Phi) is 2.23. The van der Waals surface area contributed by atoms with Gasteiger partial charge in [-0.1, -0.05) is 46.3 Å². The molecule has 2 aliphatic rings. The highest BCUT2D eigenvalue weighted by atomic mass is 79.9. The molecule has 3 atom stereocenters. The lowest BCUT2D eigenvalue weighted by Gasteiger charge is -2.42. The molecule has 0 spiro atoms. The number of rotatable bonds is 0. The Morgan fingerprint density at radius 2 is 1.95 bits per heavy atom. The van der Waals surface area contributed by atoms with E-state index in [1.165, 1.54) is 0 Å². The van der Waals surface area contributed by atoms with Gasteiger partial charge in [0.05, 0.1) is 16.6 Å². The van der Waals surface area contributed by atoms with E-state index < -0.39 is 5.72 Å². The minimum absolute atomic E-state index is 0.114. The number of fused-ring (bicyclic) bond motifs is 7. The number of pyridine rings is 1. The van der Waals surface area contributed by atoms with Crippen LogP contribution in [0.5, 0.6) is 0 Å². The Bertz CT molecular complexity index is 675. The van der Waals surface area contributed by atoms with Gasteiger partial charge in [0.1, 0.15) is 0 Å². The van der Waals surface area contributed by atoms with Crippen LogP contribution in [0.15, 0.2) is 42.6 Å². The number of benzene rings is 1.